The van der Waals surface area contributed by atoms with Crippen LogP contribution in [0.1, 0.15) is 19.3 Å². The molecule has 0 bridgehead atoms. The van der Waals surface area contributed by atoms with Crippen LogP contribution in [0.15, 0.2) is 0 Å². The standard InChI is InChI=1S/C7H13NO3/c8-4-1-2-6(9)5(3-4)7(10)11/h4-6,9H,1-3,8H2,(H,10,11)/p-1. The molecule has 0 heterocycles. The minimum absolute atomic E-state index is 0.0960. The summed E-state index contributed by atoms with van der Waals surface area (Å²) in [5, 5.41) is 19.6. The second-order valence-corrected chi connectivity index (χ2v) is 3.07. The summed E-state index contributed by atoms with van der Waals surface area (Å²) in [6.45, 7) is 0. The number of hydrogen-bond donors (Lipinski definition) is 2. The van der Waals surface area contributed by atoms with Gasteiger partial charge in [0.25, 0.3) is 0 Å². The monoisotopic (exact) mass is 158 g/mol. The summed E-state index contributed by atoms with van der Waals surface area (Å²) in [5.74, 6) is -1.95. The molecule has 0 saturated heterocycles. The Labute approximate surface area is 65.0 Å². The quantitative estimate of drug-likeness (QED) is 0.472. The third-order valence-electron chi connectivity index (χ3n) is 2.16. The van der Waals surface area contributed by atoms with Crippen molar-refractivity contribution in [2.24, 2.45) is 11.7 Å². The van der Waals surface area contributed by atoms with Crippen LogP contribution < -0.4 is 10.8 Å². The fourth-order valence-electron chi connectivity index (χ4n) is 1.44. The van der Waals surface area contributed by atoms with Crippen LogP contribution in [0.2, 0.25) is 0 Å². The summed E-state index contributed by atoms with van der Waals surface area (Å²) in [6.07, 6.45) is 0.744. The maximum absolute atomic E-state index is 10.4. The molecule has 4 nitrogen and oxygen atoms in total. The van der Waals surface area contributed by atoms with E-state index in [1.807, 2.05) is 0 Å². The third-order valence-corrected chi connectivity index (χ3v) is 2.16. The lowest BCUT2D eigenvalue weighted by Gasteiger charge is -2.31. The van der Waals surface area contributed by atoms with E-state index in [0.29, 0.717) is 19.3 Å². The molecule has 0 aromatic rings. The number of aliphatic carboxylic acids is 1. The van der Waals surface area contributed by atoms with Gasteiger partial charge in [-0.15, -0.1) is 0 Å². The molecular formula is C7H12NO3-. The van der Waals surface area contributed by atoms with Crippen LogP contribution >= 0.6 is 0 Å². The number of rotatable bonds is 1. The lowest BCUT2D eigenvalue weighted by molar-refractivity contribution is -0.315. The van der Waals surface area contributed by atoms with Gasteiger partial charge in [0.15, 0.2) is 0 Å². The molecule has 3 N–H and O–H groups in total. The second kappa shape index (κ2) is 3.19. The van der Waals surface area contributed by atoms with E-state index in [2.05, 4.69) is 0 Å². The fourth-order valence-corrected chi connectivity index (χ4v) is 1.44. The molecule has 0 aromatic carbocycles. The highest BCUT2D eigenvalue weighted by atomic mass is 16.4. The van der Waals surface area contributed by atoms with Crippen LogP contribution in [-0.4, -0.2) is 23.2 Å². The zero-order chi connectivity index (χ0) is 8.43. The first-order valence-electron chi connectivity index (χ1n) is 3.75. The lowest BCUT2D eigenvalue weighted by Crippen LogP contribution is -2.45. The van der Waals surface area contributed by atoms with Crippen molar-refractivity contribution in [3.8, 4) is 0 Å². The van der Waals surface area contributed by atoms with Crippen molar-refractivity contribution in [3.05, 3.63) is 0 Å². The topological polar surface area (TPSA) is 86.4 Å². The lowest BCUT2D eigenvalue weighted by atomic mass is 9.84. The van der Waals surface area contributed by atoms with Crippen molar-refractivity contribution in [1.82, 2.24) is 0 Å². The van der Waals surface area contributed by atoms with Gasteiger partial charge in [-0.3, -0.25) is 0 Å². The van der Waals surface area contributed by atoms with Gasteiger partial charge in [0.1, 0.15) is 0 Å². The van der Waals surface area contributed by atoms with Crippen LogP contribution in [0.3, 0.4) is 0 Å². The van der Waals surface area contributed by atoms with Crippen LogP contribution in [0, 0.1) is 5.92 Å². The van der Waals surface area contributed by atoms with Crippen molar-refractivity contribution >= 4 is 5.97 Å². The number of carboxylic acids is 1. The maximum Gasteiger partial charge on any atom is 0.0621 e. The first kappa shape index (κ1) is 8.49. The van der Waals surface area contributed by atoms with Crippen molar-refractivity contribution in [3.63, 3.8) is 0 Å². The highest BCUT2D eigenvalue weighted by Crippen LogP contribution is 2.22. The highest BCUT2D eigenvalue weighted by Gasteiger charge is 2.27. The van der Waals surface area contributed by atoms with Crippen molar-refractivity contribution in [2.75, 3.05) is 0 Å². The number of carbonyl (C=O) groups excluding carboxylic acids is 1. The predicted molar refractivity (Wildman–Crippen MR) is 36.3 cm³/mol. The molecule has 1 saturated carbocycles. The first-order valence-corrected chi connectivity index (χ1v) is 3.75. The summed E-state index contributed by atoms with van der Waals surface area (Å²) in [5.41, 5.74) is 5.52. The molecule has 0 aromatic heterocycles. The highest BCUT2D eigenvalue weighted by molar-refractivity contribution is 5.68. The fraction of sp³-hybridized carbons (Fsp3) is 0.857. The molecule has 1 fully saturated rings. The summed E-state index contributed by atoms with van der Waals surface area (Å²) >= 11 is 0. The average Bonchev–Trinajstić information content (AvgIpc) is 1.94. The van der Waals surface area contributed by atoms with Gasteiger partial charge in [-0.1, -0.05) is 0 Å². The van der Waals surface area contributed by atoms with Gasteiger partial charge in [0.2, 0.25) is 0 Å². The molecule has 3 unspecified atom stereocenters. The van der Waals surface area contributed by atoms with Crippen molar-refractivity contribution in [2.45, 2.75) is 31.4 Å². The molecule has 0 aliphatic heterocycles. The Kier molecular flexibility index (Phi) is 2.46. The normalized spacial score (nSPS) is 38.5. The molecule has 1 aliphatic carbocycles. The molecule has 3 atom stereocenters. The largest absolute Gasteiger partial charge is 0.550 e. The molecule has 1 aliphatic rings. The Balaban J connectivity index is 2.54. The Morgan fingerprint density at radius 2 is 2.18 bits per heavy atom. The smallest absolute Gasteiger partial charge is 0.0621 e. The number of nitrogens with two attached hydrogens (primary N) is 1. The minimum Gasteiger partial charge on any atom is -0.550 e. The van der Waals surface area contributed by atoms with E-state index >= 15 is 0 Å². The van der Waals surface area contributed by atoms with Crippen molar-refractivity contribution in [1.29, 1.82) is 0 Å². The van der Waals surface area contributed by atoms with E-state index in [0.717, 1.165) is 0 Å². The Hall–Kier alpha value is -0.610. The second-order valence-electron chi connectivity index (χ2n) is 3.07. The van der Waals surface area contributed by atoms with Crippen LogP contribution in [0.4, 0.5) is 0 Å². The molecule has 0 spiro atoms. The van der Waals surface area contributed by atoms with E-state index in [-0.39, 0.29) is 6.04 Å². The first-order chi connectivity index (χ1) is 5.11. The van der Waals surface area contributed by atoms with Gasteiger partial charge >= 0.3 is 0 Å². The summed E-state index contributed by atoms with van der Waals surface area (Å²) in [7, 11) is 0. The SMILES string of the molecule is NC1CCC(O)C(C(=O)[O-])C1. The summed E-state index contributed by atoms with van der Waals surface area (Å²) < 4.78 is 0. The Bertz CT molecular complexity index is 160. The van der Waals surface area contributed by atoms with Crippen LogP contribution in [0.5, 0.6) is 0 Å². The van der Waals surface area contributed by atoms with E-state index in [1.54, 1.807) is 0 Å². The molecule has 0 radical (unpaired) electrons. The molecule has 64 valence electrons. The predicted octanol–water partition coefficient (Wildman–Crippen LogP) is -1.78. The van der Waals surface area contributed by atoms with Gasteiger partial charge in [-0.2, -0.15) is 0 Å². The maximum atomic E-state index is 10.4. The number of aliphatic hydroxyl groups excluding tert-OH is 1. The molecule has 4 heteroatoms. The van der Waals surface area contributed by atoms with Gasteiger partial charge in [-0.05, 0) is 19.3 Å². The number of hydrogen-bond acceptors (Lipinski definition) is 4. The van der Waals surface area contributed by atoms with Gasteiger partial charge in [0, 0.05) is 17.9 Å². The molecule has 0 amide bonds. The minimum atomic E-state index is -1.19. The molecule has 11 heavy (non-hydrogen) atoms. The zero-order valence-corrected chi connectivity index (χ0v) is 6.19. The molecular weight excluding hydrogens is 146 g/mol. The Morgan fingerprint density at radius 3 is 2.64 bits per heavy atom. The van der Waals surface area contributed by atoms with E-state index < -0.39 is 18.0 Å². The van der Waals surface area contributed by atoms with E-state index in [1.165, 1.54) is 0 Å². The van der Waals surface area contributed by atoms with Crippen LogP contribution in [0.25, 0.3) is 0 Å². The third kappa shape index (κ3) is 1.91. The molecule has 1 rings (SSSR count). The van der Waals surface area contributed by atoms with Crippen LogP contribution in [-0.2, 0) is 4.79 Å². The van der Waals surface area contributed by atoms with Crippen molar-refractivity contribution < 1.29 is 15.0 Å². The Morgan fingerprint density at radius 1 is 1.55 bits per heavy atom. The number of carbonyl (C=O) groups is 1. The van der Waals surface area contributed by atoms with Gasteiger partial charge in [0.05, 0.1) is 6.10 Å². The summed E-state index contributed by atoms with van der Waals surface area (Å²) in [6, 6.07) is -0.0960. The summed E-state index contributed by atoms with van der Waals surface area (Å²) in [4.78, 5) is 10.4. The van der Waals surface area contributed by atoms with Gasteiger partial charge < -0.3 is 20.7 Å². The van der Waals surface area contributed by atoms with Gasteiger partial charge in [-0.25, -0.2) is 0 Å². The number of aliphatic hydroxyl groups is 1. The van der Waals surface area contributed by atoms with E-state index in [9.17, 15) is 15.0 Å². The zero-order valence-electron chi connectivity index (χ0n) is 6.19. The van der Waals surface area contributed by atoms with E-state index in [4.69, 9.17) is 5.73 Å². The number of carboxylic acid groups (broad SMARTS) is 1. The average molecular weight is 158 g/mol.